The summed E-state index contributed by atoms with van der Waals surface area (Å²) in [5, 5.41) is 3.21. The minimum Gasteiger partial charge on any atom is -0.340 e. The summed E-state index contributed by atoms with van der Waals surface area (Å²) in [6.07, 6.45) is 1.94. The lowest BCUT2D eigenvalue weighted by molar-refractivity contribution is 0.0936. The minimum atomic E-state index is -0.243. The number of amides is 1. The molecular formula is C23H20BrN3O. The van der Waals surface area contributed by atoms with E-state index in [0.29, 0.717) is 11.4 Å². The summed E-state index contributed by atoms with van der Waals surface area (Å²) in [7, 11) is 0. The zero-order chi connectivity index (χ0) is 19.7. The number of pyridine rings is 1. The molecule has 0 radical (unpaired) electrons. The highest BCUT2D eigenvalue weighted by Gasteiger charge is 2.23. The Hall–Kier alpha value is -2.92. The molecule has 4 aromatic rings. The Morgan fingerprint density at radius 3 is 2.14 bits per heavy atom. The predicted molar refractivity (Wildman–Crippen MR) is 115 cm³/mol. The fraction of sp³-hybridized carbons (Fsp3) is 0.130. The Morgan fingerprint density at radius 2 is 1.57 bits per heavy atom. The number of hydrogen-bond acceptors (Lipinski definition) is 2. The topological polar surface area (TPSA) is 46.4 Å². The van der Waals surface area contributed by atoms with Crippen molar-refractivity contribution in [3.8, 4) is 0 Å². The maximum Gasteiger partial charge on any atom is 0.270 e. The van der Waals surface area contributed by atoms with Crippen molar-refractivity contribution in [2.45, 2.75) is 19.9 Å². The highest BCUT2D eigenvalue weighted by molar-refractivity contribution is 9.10. The van der Waals surface area contributed by atoms with Gasteiger partial charge in [-0.3, -0.25) is 9.20 Å². The van der Waals surface area contributed by atoms with E-state index in [1.807, 2.05) is 91.2 Å². The summed E-state index contributed by atoms with van der Waals surface area (Å²) >= 11 is 3.55. The van der Waals surface area contributed by atoms with Crippen LogP contribution in [-0.2, 0) is 0 Å². The molecule has 5 heteroatoms. The van der Waals surface area contributed by atoms with E-state index in [2.05, 4.69) is 26.2 Å². The normalized spacial score (nSPS) is 11.1. The quantitative estimate of drug-likeness (QED) is 0.478. The van der Waals surface area contributed by atoms with Crippen LogP contribution in [0.2, 0.25) is 0 Å². The Kier molecular flexibility index (Phi) is 5.01. The number of aryl methyl sites for hydroxylation is 2. The summed E-state index contributed by atoms with van der Waals surface area (Å²) in [4.78, 5) is 17.9. The van der Waals surface area contributed by atoms with Crippen molar-refractivity contribution in [1.82, 2.24) is 14.7 Å². The van der Waals surface area contributed by atoms with Crippen molar-refractivity contribution in [2.75, 3.05) is 0 Å². The first-order valence-electron chi connectivity index (χ1n) is 9.10. The van der Waals surface area contributed by atoms with Crippen molar-refractivity contribution in [3.05, 3.63) is 105 Å². The van der Waals surface area contributed by atoms with Gasteiger partial charge in [-0.25, -0.2) is 4.98 Å². The zero-order valence-electron chi connectivity index (χ0n) is 15.7. The van der Waals surface area contributed by atoms with Gasteiger partial charge in [0.1, 0.15) is 5.69 Å². The minimum absolute atomic E-state index is 0.153. The molecule has 0 saturated carbocycles. The van der Waals surface area contributed by atoms with E-state index in [1.165, 1.54) is 0 Å². The first kappa shape index (κ1) is 18.4. The molecule has 0 aliphatic carbocycles. The van der Waals surface area contributed by atoms with E-state index in [-0.39, 0.29) is 11.9 Å². The maximum absolute atomic E-state index is 13.3. The Bertz CT molecular complexity index is 1100. The average Bonchev–Trinajstić information content (AvgIpc) is 3.03. The molecule has 140 valence electrons. The van der Waals surface area contributed by atoms with Gasteiger partial charge in [0, 0.05) is 6.20 Å². The molecule has 0 unspecified atom stereocenters. The van der Waals surface area contributed by atoms with Gasteiger partial charge in [-0.05, 0) is 52.5 Å². The lowest BCUT2D eigenvalue weighted by Gasteiger charge is -2.20. The summed E-state index contributed by atoms with van der Waals surface area (Å²) in [6, 6.07) is 21.8. The SMILES string of the molecule is Cc1cc(Br)c2nc(C)c(C(=O)NC(c3ccccc3)c3ccccc3)n2c1. The van der Waals surface area contributed by atoms with Gasteiger partial charge in [-0.15, -0.1) is 0 Å². The molecule has 4 rings (SSSR count). The number of halogens is 1. The van der Waals surface area contributed by atoms with Crippen LogP contribution < -0.4 is 5.32 Å². The molecule has 0 aliphatic heterocycles. The van der Waals surface area contributed by atoms with Crippen molar-refractivity contribution in [2.24, 2.45) is 0 Å². The molecule has 0 bridgehead atoms. The molecule has 2 aromatic heterocycles. The number of imidazole rings is 1. The molecular weight excluding hydrogens is 414 g/mol. The van der Waals surface area contributed by atoms with Crippen LogP contribution >= 0.6 is 15.9 Å². The van der Waals surface area contributed by atoms with Crippen molar-refractivity contribution < 1.29 is 4.79 Å². The fourth-order valence-corrected chi connectivity index (χ4v) is 4.11. The predicted octanol–water partition coefficient (Wildman–Crippen LogP) is 5.23. The monoisotopic (exact) mass is 433 g/mol. The maximum atomic E-state index is 13.3. The first-order chi connectivity index (χ1) is 13.5. The van der Waals surface area contributed by atoms with Gasteiger partial charge in [0.05, 0.1) is 16.2 Å². The van der Waals surface area contributed by atoms with E-state index in [9.17, 15) is 4.79 Å². The first-order valence-corrected chi connectivity index (χ1v) is 9.89. The fourth-order valence-electron chi connectivity index (χ4n) is 3.47. The summed E-state index contributed by atoms with van der Waals surface area (Å²) in [5.74, 6) is -0.153. The number of rotatable bonds is 4. The van der Waals surface area contributed by atoms with E-state index in [4.69, 9.17) is 0 Å². The van der Waals surface area contributed by atoms with Crippen molar-refractivity contribution in [3.63, 3.8) is 0 Å². The number of aromatic nitrogens is 2. The number of fused-ring (bicyclic) bond motifs is 1. The van der Waals surface area contributed by atoms with E-state index >= 15 is 0 Å². The van der Waals surface area contributed by atoms with E-state index in [0.717, 1.165) is 26.8 Å². The van der Waals surface area contributed by atoms with Crippen LogP contribution in [-0.4, -0.2) is 15.3 Å². The molecule has 2 aromatic carbocycles. The zero-order valence-corrected chi connectivity index (χ0v) is 17.3. The average molecular weight is 434 g/mol. The van der Waals surface area contributed by atoms with E-state index < -0.39 is 0 Å². The summed E-state index contributed by atoms with van der Waals surface area (Å²) < 4.78 is 2.73. The number of nitrogens with zero attached hydrogens (tertiary/aromatic N) is 2. The van der Waals surface area contributed by atoms with E-state index in [1.54, 1.807) is 0 Å². The third-order valence-corrected chi connectivity index (χ3v) is 5.33. The van der Waals surface area contributed by atoms with Gasteiger partial charge < -0.3 is 5.32 Å². The summed E-state index contributed by atoms with van der Waals surface area (Å²) in [5.41, 5.74) is 5.11. The number of carbonyl (C=O) groups excluding carboxylic acids is 1. The second-order valence-corrected chi connectivity index (χ2v) is 7.69. The highest BCUT2D eigenvalue weighted by Crippen LogP contribution is 2.25. The van der Waals surface area contributed by atoms with Crippen LogP contribution in [0.25, 0.3) is 5.65 Å². The van der Waals surface area contributed by atoms with Gasteiger partial charge in [0.2, 0.25) is 0 Å². The van der Waals surface area contributed by atoms with Gasteiger partial charge in [0.15, 0.2) is 5.65 Å². The van der Waals surface area contributed by atoms with Gasteiger partial charge in [-0.1, -0.05) is 60.7 Å². The number of hydrogen-bond donors (Lipinski definition) is 1. The van der Waals surface area contributed by atoms with Crippen LogP contribution in [0.4, 0.5) is 0 Å². The van der Waals surface area contributed by atoms with Crippen LogP contribution in [0.15, 0.2) is 77.4 Å². The number of benzene rings is 2. The largest absolute Gasteiger partial charge is 0.340 e. The molecule has 2 heterocycles. The van der Waals surface area contributed by atoms with Gasteiger partial charge in [0.25, 0.3) is 5.91 Å². The molecule has 0 aliphatic rings. The van der Waals surface area contributed by atoms with Crippen LogP contribution in [0, 0.1) is 13.8 Å². The third-order valence-electron chi connectivity index (χ3n) is 4.74. The molecule has 0 atom stereocenters. The van der Waals surface area contributed by atoms with Crippen LogP contribution in [0.3, 0.4) is 0 Å². The summed E-state index contributed by atoms with van der Waals surface area (Å²) in [6.45, 7) is 3.86. The van der Waals surface area contributed by atoms with Gasteiger partial charge >= 0.3 is 0 Å². The van der Waals surface area contributed by atoms with Crippen LogP contribution in [0.5, 0.6) is 0 Å². The molecule has 4 nitrogen and oxygen atoms in total. The lowest BCUT2D eigenvalue weighted by Crippen LogP contribution is -2.30. The molecule has 28 heavy (non-hydrogen) atoms. The van der Waals surface area contributed by atoms with Crippen molar-refractivity contribution in [1.29, 1.82) is 0 Å². The van der Waals surface area contributed by atoms with Crippen LogP contribution in [0.1, 0.15) is 38.9 Å². The smallest absolute Gasteiger partial charge is 0.270 e. The number of nitrogens with one attached hydrogen (secondary N) is 1. The Balaban J connectivity index is 1.77. The Morgan fingerprint density at radius 1 is 1.00 bits per heavy atom. The lowest BCUT2D eigenvalue weighted by atomic mass is 9.98. The number of carbonyl (C=O) groups is 1. The Labute approximate surface area is 172 Å². The van der Waals surface area contributed by atoms with Gasteiger partial charge in [-0.2, -0.15) is 0 Å². The standard InChI is InChI=1S/C23H20BrN3O/c1-15-13-19(24)22-25-16(2)21(27(22)14-15)23(28)26-20(17-9-5-3-6-10-17)18-11-7-4-8-12-18/h3-14,20H,1-2H3,(H,26,28). The second-order valence-electron chi connectivity index (χ2n) is 6.83. The van der Waals surface area contributed by atoms with Crippen molar-refractivity contribution >= 4 is 27.5 Å². The molecule has 0 spiro atoms. The molecule has 0 saturated heterocycles. The molecule has 0 fully saturated rings. The highest BCUT2D eigenvalue weighted by atomic mass is 79.9. The molecule has 1 N–H and O–H groups in total. The third kappa shape index (κ3) is 3.45. The second kappa shape index (κ2) is 7.60. The molecule has 1 amide bonds.